The number of hydrogen-bond acceptors (Lipinski definition) is 8. The van der Waals surface area contributed by atoms with Crippen LogP contribution < -0.4 is 15.8 Å². The molecule has 4 atom stereocenters. The van der Waals surface area contributed by atoms with Crippen LogP contribution >= 0.6 is 11.8 Å². The number of nitrogens with one attached hydrogen (secondary N) is 1. The van der Waals surface area contributed by atoms with Crippen molar-refractivity contribution in [1.29, 1.82) is 0 Å². The third-order valence-corrected chi connectivity index (χ3v) is 7.33. The second-order valence-corrected chi connectivity index (χ2v) is 9.62. The van der Waals surface area contributed by atoms with Crippen molar-refractivity contribution in [3.8, 4) is 18.2 Å². The van der Waals surface area contributed by atoms with Gasteiger partial charge in [-0.25, -0.2) is 14.4 Å². The van der Waals surface area contributed by atoms with E-state index in [4.69, 9.17) is 16.9 Å². The van der Waals surface area contributed by atoms with Crippen LogP contribution in [0, 0.1) is 24.1 Å². The number of ether oxygens (including phenoxy) is 1. The van der Waals surface area contributed by atoms with Gasteiger partial charge in [-0.1, -0.05) is 17.7 Å². The van der Waals surface area contributed by atoms with Crippen molar-refractivity contribution < 1.29 is 32.2 Å². The normalized spacial score (nSPS) is 26.1. The quantitative estimate of drug-likeness (QED) is 0.404. The summed E-state index contributed by atoms with van der Waals surface area (Å²) in [6.07, 6.45) is -0.144. The second-order valence-electron chi connectivity index (χ2n) is 8.24. The number of fused-ring (bicyclic) bond motifs is 1. The van der Waals surface area contributed by atoms with Crippen LogP contribution in [0.5, 0.6) is 5.88 Å². The average molecular weight is 509 g/mol. The predicted molar refractivity (Wildman–Crippen MR) is 120 cm³/mol. The summed E-state index contributed by atoms with van der Waals surface area (Å²) in [6, 6.07) is 3.63. The highest BCUT2D eigenvalue weighted by Crippen LogP contribution is 2.68. The molecule has 184 valence electrons. The van der Waals surface area contributed by atoms with Gasteiger partial charge in [0.15, 0.2) is 17.9 Å². The topological polar surface area (TPSA) is 123 Å². The number of halogens is 4. The maximum absolute atomic E-state index is 14.9. The summed E-state index contributed by atoms with van der Waals surface area (Å²) >= 11 is 0.648. The first-order valence-corrected chi connectivity index (χ1v) is 11.0. The van der Waals surface area contributed by atoms with E-state index in [1.807, 2.05) is 0 Å². The maximum atomic E-state index is 14.9. The number of terminal acetylenes is 1. The van der Waals surface area contributed by atoms with E-state index >= 15 is 0 Å². The smallest absolute Gasteiger partial charge is 0.415 e. The highest BCUT2D eigenvalue weighted by molar-refractivity contribution is 8.15. The number of aliphatic hydroxyl groups is 1. The molecular formula is C22H19F4N5O3S. The number of aromatic nitrogens is 2. The van der Waals surface area contributed by atoms with Crippen LogP contribution in [0.25, 0.3) is 0 Å². The lowest BCUT2D eigenvalue weighted by atomic mass is 9.84. The van der Waals surface area contributed by atoms with Gasteiger partial charge in [-0.3, -0.25) is 9.79 Å². The van der Waals surface area contributed by atoms with Gasteiger partial charge in [0.1, 0.15) is 11.5 Å². The molecule has 1 aliphatic carbocycles. The number of benzene rings is 1. The molecule has 1 aromatic heterocycles. The van der Waals surface area contributed by atoms with E-state index in [2.05, 4.69) is 26.2 Å². The molecule has 35 heavy (non-hydrogen) atoms. The number of carbonyl (C=O) groups is 1. The first-order valence-electron chi connectivity index (χ1n) is 10.2. The van der Waals surface area contributed by atoms with Gasteiger partial charge >= 0.3 is 6.18 Å². The van der Waals surface area contributed by atoms with E-state index < -0.39 is 40.2 Å². The zero-order valence-corrected chi connectivity index (χ0v) is 19.0. The van der Waals surface area contributed by atoms with Crippen molar-refractivity contribution in [2.24, 2.45) is 16.6 Å². The first kappa shape index (κ1) is 24.7. The number of nitrogens with zero attached hydrogens (tertiary/aromatic N) is 3. The Labute approximate surface area is 201 Å². The monoisotopic (exact) mass is 509 g/mol. The van der Waals surface area contributed by atoms with Crippen LogP contribution in [0.1, 0.15) is 29.4 Å². The van der Waals surface area contributed by atoms with E-state index in [-0.39, 0.29) is 41.0 Å². The minimum atomic E-state index is -4.88. The Morgan fingerprint density at radius 2 is 2.17 bits per heavy atom. The van der Waals surface area contributed by atoms with Gasteiger partial charge in [0.05, 0.1) is 22.7 Å². The molecule has 1 amide bonds. The highest BCUT2D eigenvalue weighted by atomic mass is 32.2. The van der Waals surface area contributed by atoms with E-state index in [1.54, 1.807) is 0 Å². The fraction of sp³-hybridized carbons (Fsp3) is 0.364. The van der Waals surface area contributed by atoms with E-state index in [1.165, 1.54) is 25.3 Å². The lowest BCUT2D eigenvalue weighted by Crippen LogP contribution is -2.47. The number of amidine groups is 1. The molecule has 0 radical (unpaired) electrons. The Morgan fingerprint density at radius 3 is 2.80 bits per heavy atom. The third kappa shape index (κ3) is 4.51. The van der Waals surface area contributed by atoms with Crippen molar-refractivity contribution in [3.05, 3.63) is 47.7 Å². The predicted octanol–water partition coefficient (Wildman–Crippen LogP) is 2.84. The summed E-state index contributed by atoms with van der Waals surface area (Å²) in [7, 11) is 0. The summed E-state index contributed by atoms with van der Waals surface area (Å²) in [5.41, 5.74) is 4.34. The zero-order chi connectivity index (χ0) is 25.6. The molecule has 0 bridgehead atoms. The number of hydrogen-bond donors (Lipinski definition) is 3. The highest BCUT2D eigenvalue weighted by Gasteiger charge is 2.74. The molecule has 0 unspecified atom stereocenters. The number of thioether (sulfide) groups is 1. The van der Waals surface area contributed by atoms with Gasteiger partial charge in [0.2, 0.25) is 5.88 Å². The van der Waals surface area contributed by atoms with Gasteiger partial charge in [-0.2, -0.15) is 13.2 Å². The van der Waals surface area contributed by atoms with Crippen molar-refractivity contribution >= 4 is 28.5 Å². The van der Waals surface area contributed by atoms with Crippen LogP contribution in [0.15, 0.2) is 35.6 Å². The molecule has 13 heteroatoms. The van der Waals surface area contributed by atoms with Crippen molar-refractivity contribution in [2.75, 3.05) is 11.9 Å². The van der Waals surface area contributed by atoms with Crippen LogP contribution in [0.3, 0.4) is 0 Å². The van der Waals surface area contributed by atoms with E-state index in [9.17, 15) is 27.5 Å². The molecule has 1 aromatic carbocycles. The molecule has 1 saturated carbocycles. The average Bonchev–Trinajstić information content (AvgIpc) is 3.54. The second kappa shape index (κ2) is 8.69. The Kier molecular flexibility index (Phi) is 6.14. The van der Waals surface area contributed by atoms with E-state index in [0.29, 0.717) is 11.8 Å². The van der Waals surface area contributed by atoms with Crippen molar-refractivity contribution in [3.63, 3.8) is 0 Å². The molecule has 4 rings (SSSR count). The summed E-state index contributed by atoms with van der Waals surface area (Å²) < 4.78 is 58.3. The maximum Gasteiger partial charge on any atom is 0.415 e. The number of amides is 1. The van der Waals surface area contributed by atoms with Gasteiger partial charge in [-0.15, -0.1) is 6.42 Å². The minimum absolute atomic E-state index is 0.0227. The van der Waals surface area contributed by atoms with Gasteiger partial charge in [0, 0.05) is 17.2 Å². The number of anilines is 1. The fourth-order valence-corrected chi connectivity index (χ4v) is 5.76. The molecule has 2 heterocycles. The standard InChI is InChI=1S/C22H19F4N5O3S/c1-3-6-34-16-10-28-14(9-29-16)17(32)30-11-4-5-13(23)12(7-11)20(2)15-8-21(15,35-19(27)31-20)18(33)22(24,25)26/h1,4-5,7,9-10,15,18,33H,6,8H2,2H3,(H2,27,31)(H,30,32)/t15-,18-,20+,21-/m0/s1. The molecule has 1 fully saturated rings. The number of rotatable bonds is 6. The Balaban J connectivity index is 1.59. The summed E-state index contributed by atoms with van der Waals surface area (Å²) in [6.45, 7) is 1.44. The Morgan fingerprint density at radius 1 is 1.43 bits per heavy atom. The zero-order valence-electron chi connectivity index (χ0n) is 18.1. The number of nitrogens with two attached hydrogens (primary N) is 1. The summed E-state index contributed by atoms with van der Waals surface area (Å²) in [5.74, 6) is 0.131. The van der Waals surface area contributed by atoms with Crippen LogP contribution in [0.4, 0.5) is 23.2 Å². The first-order chi connectivity index (χ1) is 16.4. The molecular weight excluding hydrogens is 490 g/mol. The molecule has 2 aromatic rings. The number of alkyl halides is 3. The van der Waals surface area contributed by atoms with Crippen LogP contribution in [-0.2, 0) is 5.54 Å². The molecule has 1 aliphatic heterocycles. The molecule has 0 spiro atoms. The van der Waals surface area contributed by atoms with Gasteiger partial charge in [0.25, 0.3) is 5.91 Å². The Hall–Kier alpha value is -3.37. The van der Waals surface area contributed by atoms with Crippen molar-refractivity contribution in [2.45, 2.75) is 35.9 Å². The SMILES string of the molecule is C#CCOc1cnc(C(=O)Nc2ccc(F)c([C@@]3(C)N=C(N)S[C@@]4([C@H](O)C(F)(F)F)C[C@H]43)c2)cn1. The van der Waals surface area contributed by atoms with Crippen LogP contribution in [-0.4, -0.2) is 49.8 Å². The van der Waals surface area contributed by atoms with Gasteiger partial charge < -0.3 is 20.9 Å². The molecule has 0 saturated heterocycles. The van der Waals surface area contributed by atoms with Crippen LogP contribution in [0.2, 0.25) is 0 Å². The fourth-order valence-electron chi connectivity index (χ4n) is 4.26. The number of aliphatic imine (C=N–C) groups is 1. The van der Waals surface area contributed by atoms with Crippen molar-refractivity contribution in [1.82, 2.24) is 9.97 Å². The molecule has 4 N–H and O–H groups in total. The number of carbonyl (C=O) groups excluding carboxylic acids is 1. The lowest BCUT2D eigenvalue weighted by molar-refractivity contribution is -0.207. The number of aliphatic hydroxyl groups excluding tert-OH is 1. The Bertz CT molecular complexity index is 1230. The molecule has 8 nitrogen and oxygen atoms in total. The summed E-state index contributed by atoms with van der Waals surface area (Å²) in [4.78, 5) is 24.7. The largest absolute Gasteiger partial charge is 0.463 e. The summed E-state index contributed by atoms with van der Waals surface area (Å²) in [5, 5.41) is 12.4. The molecule has 2 aliphatic rings. The minimum Gasteiger partial charge on any atom is -0.463 e. The van der Waals surface area contributed by atoms with Gasteiger partial charge in [-0.05, 0) is 31.5 Å². The lowest BCUT2D eigenvalue weighted by Gasteiger charge is -2.36. The van der Waals surface area contributed by atoms with E-state index in [0.717, 1.165) is 12.3 Å². The third-order valence-electron chi connectivity index (χ3n) is 5.98.